The predicted molar refractivity (Wildman–Crippen MR) is 123 cm³/mol. The molecule has 2 aromatic carbocycles. The fourth-order valence-corrected chi connectivity index (χ4v) is 4.83. The number of carbonyl (C=O) groups is 1. The molecule has 29 heavy (non-hydrogen) atoms. The average molecular weight is 475 g/mol. The standard InChI is InChI=1S/C20H24Cl2N2O3S2/c1-29(26,27)24(19-8-3-7-18(22)14-19)11-4-9-20(25)23-10-12-28-15-16-5-2-6-17(21)13-16/h2-3,5-8,13-14H,4,9-12,15H2,1H3,(H,23,25). The number of anilines is 1. The summed E-state index contributed by atoms with van der Waals surface area (Å²) in [5, 5.41) is 4.05. The van der Waals surface area contributed by atoms with E-state index in [4.69, 9.17) is 23.2 Å². The molecule has 0 aromatic heterocycles. The molecule has 0 bridgehead atoms. The van der Waals surface area contributed by atoms with Crippen molar-refractivity contribution in [3.8, 4) is 0 Å². The van der Waals surface area contributed by atoms with Gasteiger partial charge in [-0.15, -0.1) is 0 Å². The summed E-state index contributed by atoms with van der Waals surface area (Å²) >= 11 is 13.6. The normalized spacial score (nSPS) is 11.3. The van der Waals surface area contributed by atoms with Gasteiger partial charge in [0, 0.05) is 41.1 Å². The van der Waals surface area contributed by atoms with Gasteiger partial charge < -0.3 is 5.32 Å². The van der Waals surface area contributed by atoms with Gasteiger partial charge in [-0.25, -0.2) is 8.42 Å². The van der Waals surface area contributed by atoms with Crippen molar-refractivity contribution >= 4 is 56.6 Å². The first-order valence-electron chi connectivity index (χ1n) is 9.08. The number of benzene rings is 2. The van der Waals surface area contributed by atoms with Crippen LogP contribution in [-0.4, -0.2) is 39.4 Å². The van der Waals surface area contributed by atoms with Gasteiger partial charge in [0.15, 0.2) is 0 Å². The van der Waals surface area contributed by atoms with Crippen molar-refractivity contribution in [1.82, 2.24) is 5.32 Å². The van der Waals surface area contributed by atoms with Crippen LogP contribution in [0.3, 0.4) is 0 Å². The summed E-state index contributed by atoms with van der Waals surface area (Å²) in [4.78, 5) is 12.0. The molecule has 0 heterocycles. The molecule has 0 saturated heterocycles. The lowest BCUT2D eigenvalue weighted by Crippen LogP contribution is -2.32. The Balaban J connectivity index is 1.69. The van der Waals surface area contributed by atoms with Gasteiger partial charge in [0.1, 0.15) is 0 Å². The highest BCUT2D eigenvalue weighted by Crippen LogP contribution is 2.22. The zero-order valence-electron chi connectivity index (χ0n) is 16.1. The number of nitrogens with one attached hydrogen (secondary N) is 1. The highest BCUT2D eigenvalue weighted by Gasteiger charge is 2.17. The van der Waals surface area contributed by atoms with Crippen LogP contribution >= 0.6 is 35.0 Å². The van der Waals surface area contributed by atoms with Crippen molar-refractivity contribution in [1.29, 1.82) is 0 Å². The molecule has 0 aliphatic rings. The zero-order chi connectivity index (χ0) is 21.3. The molecule has 1 amide bonds. The van der Waals surface area contributed by atoms with Gasteiger partial charge in [0.2, 0.25) is 15.9 Å². The number of hydrogen-bond acceptors (Lipinski definition) is 4. The molecule has 0 aliphatic carbocycles. The van der Waals surface area contributed by atoms with Crippen LogP contribution in [0.1, 0.15) is 18.4 Å². The number of nitrogens with zero attached hydrogens (tertiary/aromatic N) is 1. The van der Waals surface area contributed by atoms with Gasteiger partial charge in [0.25, 0.3) is 0 Å². The number of hydrogen-bond donors (Lipinski definition) is 1. The van der Waals surface area contributed by atoms with Crippen molar-refractivity contribution in [3.05, 3.63) is 64.1 Å². The second kappa shape index (κ2) is 11.7. The third-order valence-corrected chi connectivity index (χ3v) is 6.68. The van der Waals surface area contributed by atoms with Gasteiger partial charge >= 0.3 is 0 Å². The Morgan fingerprint density at radius 2 is 1.79 bits per heavy atom. The summed E-state index contributed by atoms with van der Waals surface area (Å²) in [5.41, 5.74) is 1.65. The number of sulfonamides is 1. The molecule has 0 fully saturated rings. The van der Waals surface area contributed by atoms with E-state index in [2.05, 4.69) is 5.32 Å². The molecule has 9 heteroatoms. The number of rotatable bonds is 11. The fourth-order valence-electron chi connectivity index (χ4n) is 2.67. The molecule has 0 unspecified atom stereocenters. The molecule has 1 N–H and O–H groups in total. The highest BCUT2D eigenvalue weighted by atomic mass is 35.5. The minimum Gasteiger partial charge on any atom is -0.355 e. The lowest BCUT2D eigenvalue weighted by atomic mass is 10.2. The Morgan fingerprint density at radius 3 is 2.45 bits per heavy atom. The van der Waals surface area contributed by atoms with Crippen LogP contribution in [0.2, 0.25) is 10.0 Å². The van der Waals surface area contributed by atoms with Crippen LogP contribution in [0, 0.1) is 0 Å². The lowest BCUT2D eigenvalue weighted by Gasteiger charge is -2.22. The number of halogens is 2. The van der Waals surface area contributed by atoms with Crippen molar-refractivity contribution in [2.24, 2.45) is 0 Å². The van der Waals surface area contributed by atoms with Gasteiger partial charge in [-0.05, 0) is 42.3 Å². The molecule has 0 saturated carbocycles. The first-order valence-corrected chi connectivity index (χ1v) is 12.8. The molecule has 5 nitrogen and oxygen atoms in total. The number of thioether (sulfide) groups is 1. The van der Waals surface area contributed by atoms with E-state index in [1.54, 1.807) is 36.0 Å². The minimum atomic E-state index is -3.46. The maximum Gasteiger partial charge on any atom is 0.232 e. The lowest BCUT2D eigenvalue weighted by molar-refractivity contribution is -0.121. The van der Waals surface area contributed by atoms with E-state index in [9.17, 15) is 13.2 Å². The Morgan fingerprint density at radius 1 is 1.10 bits per heavy atom. The minimum absolute atomic E-state index is 0.0899. The number of amides is 1. The molecule has 2 aromatic rings. The van der Waals surface area contributed by atoms with Crippen LogP contribution in [0.5, 0.6) is 0 Å². The molecule has 0 spiro atoms. The van der Waals surface area contributed by atoms with E-state index >= 15 is 0 Å². The first kappa shape index (κ1) is 23.9. The van der Waals surface area contributed by atoms with Crippen molar-refractivity contribution in [2.75, 3.05) is 29.4 Å². The Bertz CT molecular complexity index is 923. The van der Waals surface area contributed by atoms with E-state index in [1.807, 2.05) is 24.3 Å². The monoisotopic (exact) mass is 474 g/mol. The van der Waals surface area contributed by atoms with Crippen LogP contribution < -0.4 is 9.62 Å². The van der Waals surface area contributed by atoms with Crippen LogP contribution in [-0.2, 0) is 20.6 Å². The summed E-state index contributed by atoms with van der Waals surface area (Å²) in [6, 6.07) is 14.4. The van der Waals surface area contributed by atoms with Gasteiger partial charge in [-0.3, -0.25) is 9.10 Å². The van der Waals surface area contributed by atoms with Crippen LogP contribution in [0.25, 0.3) is 0 Å². The van der Waals surface area contributed by atoms with Crippen molar-refractivity contribution in [2.45, 2.75) is 18.6 Å². The largest absolute Gasteiger partial charge is 0.355 e. The predicted octanol–water partition coefficient (Wildman–Crippen LogP) is 4.59. The second-order valence-corrected chi connectivity index (χ2v) is 10.3. The third kappa shape index (κ3) is 8.86. The highest BCUT2D eigenvalue weighted by molar-refractivity contribution is 7.98. The van der Waals surface area contributed by atoms with E-state index in [0.29, 0.717) is 23.7 Å². The van der Waals surface area contributed by atoms with Crippen LogP contribution in [0.4, 0.5) is 5.69 Å². The van der Waals surface area contributed by atoms with E-state index in [0.717, 1.165) is 28.3 Å². The summed E-state index contributed by atoms with van der Waals surface area (Å²) in [5.74, 6) is 1.53. The molecule has 0 radical (unpaired) electrons. The topological polar surface area (TPSA) is 66.5 Å². The average Bonchev–Trinajstić information content (AvgIpc) is 2.64. The molecule has 0 atom stereocenters. The van der Waals surface area contributed by atoms with Gasteiger partial charge in [-0.1, -0.05) is 41.4 Å². The molecule has 158 valence electrons. The quantitative estimate of drug-likeness (QED) is 0.483. The summed E-state index contributed by atoms with van der Waals surface area (Å²) in [7, 11) is -3.46. The van der Waals surface area contributed by atoms with Gasteiger partial charge in [-0.2, -0.15) is 11.8 Å². The molecule has 0 aliphatic heterocycles. The molecular formula is C20H24Cl2N2O3S2. The van der Waals surface area contributed by atoms with E-state index < -0.39 is 10.0 Å². The summed E-state index contributed by atoms with van der Waals surface area (Å²) in [6.45, 7) is 0.782. The van der Waals surface area contributed by atoms with Crippen molar-refractivity contribution < 1.29 is 13.2 Å². The Hall–Kier alpha value is -1.41. The van der Waals surface area contributed by atoms with E-state index in [1.165, 1.54) is 4.31 Å². The Kier molecular flexibility index (Phi) is 9.62. The summed E-state index contributed by atoms with van der Waals surface area (Å²) < 4.78 is 25.4. The molecular weight excluding hydrogens is 451 g/mol. The first-order chi connectivity index (χ1) is 13.8. The number of carbonyl (C=O) groups excluding carboxylic acids is 1. The van der Waals surface area contributed by atoms with E-state index in [-0.39, 0.29) is 18.9 Å². The third-order valence-electron chi connectivity index (χ3n) is 3.99. The zero-order valence-corrected chi connectivity index (χ0v) is 19.3. The molecule has 2 rings (SSSR count). The SMILES string of the molecule is CS(=O)(=O)N(CCCC(=O)NCCSCc1cccc(Cl)c1)c1cccc(Cl)c1. The Labute approximate surface area is 186 Å². The maximum atomic E-state index is 12.1. The summed E-state index contributed by atoms with van der Waals surface area (Å²) in [6.07, 6.45) is 1.82. The van der Waals surface area contributed by atoms with Gasteiger partial charge in [0.05, 0.1) is 11.9 Å². The van der Waals surface area contributed by atoms with Crippen molar-refractivity contribution in [3.63, 3.8) is 0 Å². The maximum absolute atomic E-state index is 12.1. The smallest absolute Gasteiger partial charge is 0.232 e. The fraction of sp³-hybridized carbons (Fsp3) is 0.350. The van der Waals surface area contributed by atoms with Crippen LogP contribution in [0.15, 0.2) is 48.5 Å². The second-order valence-electron chi connectivity index (χ2n) is 6.45.